The molecule has 0 atom stereocenters. The van der Waals surface area contributed by atoms with E-state index < -0.39 is 7.12 Å². The number of hydrogen-bond donors (Lipinski definition) is 2. The summed E-state index contributed by atoms with van der Waals surface area (Å²) in [4.78, 5) is 0. The van der Waals surface area contributed by atoms with Crippen molar-refractivity contribution in [1.29, 1.82) is 0 Å². The third kappa shape index (κ3) is 4.60. The lowest BCUT2D eigenvalue weighted by Crippen LogP contribution is -2.34. The van der Waals surface area contributed by atoms with Crippen molar-refractivity contribution in [2.24, 2.45) is 0 Å². The summed E-state index contributed by atoms with van der Waals surface area (Å²) in [6.07, 6.45) is 4.95. The second kappa shape index (κ2) is 9.88. The Morgan fingerprint density at radius 3 is 1.90 bits per heavy atom. The maximum absolute atomic E-state index is 10.1. The quantitative estimate of drug-likeness (QED) is 0.491. The Balaban J connectivity index is 2.24. The highest BCUT2D eigenvalue weighted by Crippen LogP contribution is 2.21. The van der Waals surface area contributed by atoms with Gasteiger partial charge in [-0.3, -0.25) is 0 Å². The molecular weight excluding hydrogens is 367 g/mol. The van der Waals surface area contributed by atoms with Gasteiger partial charge in [0, 0.05) is 0 Å². The van der Waals surface area contributed by atoms with Gasteiger partial charge in [-0.05, 0) is 50.7 Å². The molecule has 0 aromatic heterocycles. The lowest BCUT2D eigenvalue weighted by molar-refractivity contribution is 0.427. The third-order valence-corrected chi connectivity index (χ3v) is 5.13. The van der Waals surface area contributed by atoms with Gasteiger partial charge in [0.05, 0.1) is 0 Å². The molecule has 0 radical (unpaired) electrons. The highest BCUT2D eigenvalue weighted by Gasteiger charge is 2.18. The minimum Gasteiger partial charge on any atom is -0.423 e. The summed E-state index contributed by atoms with van der Waals surface area (Å²) in [7, 11) is -1.64. The second-order valence-electron chi connectivity index (χ2n) is 6.96. The molecule has 2 nitrogen and oxygen atoms in total. The smallest absolute Gasteiger partial charge is 0.423 e. The molecular formula is C27H25BO2. The highest BCUT2D eigenvalue weighted by molar-refractivity contribution is 6.65. The van der Waals surface area contributed by atoms with Crippen molar-refractivity contribution in [3.05, 3.63) is 132 Å². The minimum absolute atomic E-state index is 0.403. The van der Waals surface area contributed by atoms with Gasteiger partial charge in [0.25, 0.3) is 0 Å². The van der Waals surface area contributed by atoms with Gasteiger partial charge in [-0.2, -0.15) is 0 Å². The fourth-order valence-corrected chi connectivity index (χ4v) is 3.58. The zero-order chi connectivity index (χ0) is 21.5. The SMILES string of the molecule is C=C/C=C(C=C)/C(B(O)O)=c1/cccc/c1=C(/C)c1ccc(-c2ccccc2)cc1. The Bertz CT molecular complexity index is 1190. The van der Waals surface area contributed by atoms with Crippen LogP contribution in [-0.4, -0.2) is 17.2 Å². The van der Waals surface area contributed by atoms with Gasteiger partial charge < -0.3 is 10.0 Å². The highest BCUT2D eigenvalue weighted by atomic mass is 16.4. The fourth-order valence-electron chi connectivity index (χ4n) is 3.58. The summed E-state index contributed by atoms with van der Waals surface area (Å²) in [5.41, 5.74) is 5.47. The molecule has 2 N–H and O–H groups in total. The van der Waals surface area contributed by atoms with Crippen molar-refractivity contribution in [3.63, 3.8) is 0 Å². The van der Waals surface area contributed by atoms with Crippen LogP contribution in [0.25, 0.3) is 22.2 Å². The number of allylic oxidation sites excluding steroid dienone is 4. The van der Waals surface area contributed by atoms with Crippen LogP contribution in [0.15, 0.2) is 116 Å². The standard InChI is InChI=1S/C27H25BO2/c1-4-11-21(5-2)27(28(29)30)26-15-10-9-14-25(26)20(3)22-16-18-24(19-17-22)23-12-7-6-8-13-23/h4-19,29-30H,1-2H2,3H3/b21-11+,25-20+,27-26+. The molecule has 0 unspecified atom stereocenters. The van der Waals surface area contributed by atoms with Crippen LogP contribution in [0, 0.1) is 0 Å². The van der Waals surface area contributed by atoms with Crippen LogP contribution >= 0.6 is 0 Å². The molecule has 3 heteroatoms. The molecule has 0 saturated carbocycles. The van der Waals surface area contributed by atoms with Gasteiger partial charge >= 0.3 is 7.12 Å². The van der Waals surface area contributed by atoms with Gasteiger partial charge in [-0.25, -0.2) is 0 Å². The lowest BCUT2D eigenvalue weighted by atomic mass is 9.72. The van der Waals surface area contributed by atoms with Crippen molar-refractivity contribution in [2.45, 2.75) is 6.92 Å². The molecule has 3 aromatic rings. The van der Waals surface area contributed by atoms with Crippen LogP contribution in [0.5, 0.6) is 0 Å². The summed E-state index contributed by atoms with van der Waals surface area (Å²) in [6, 6.07) is 26.4. The molecule has 0 aliphatic heterocycles. The Hall–Kier alpha value is -3.40. The van der Waals surface area contributed by atoms with E-state index in [0.29, 0.717) is 11.0 Å². The van der Waals surface area contributed by atoms with Crippen molar-refractivity contribution >= 4 is 18.2 Å². The Kier molecular flexibility index (Phi) is 7.02. The van der Waals surface area contributed by atoms with Gasteiger partial charge in [0.15, 0.2) is 0 Å². The Morgan fingerprint density at radius 2 is 1.33 bits per heavy atom. The molecule has 3 aromatic carbocycles. The summed E-state index contributed by atoms with van der Waals surface area (Å²) in [5.74, 6) is 0. The first kappa shape index (κ1) is 21.3. The normalized spacial score (nSPS) is 13.4. The summed E-state index contributed by atoms with van der Waals surface area (Å²) in [6.45, 7) is 9.57. The molecule has 148 valence electrons. The predicted molar refractivity (Wildman–Crippen MR) is 128 cm³/mol. The van der Waals surface area contributed by atoms with E-state index in [1.54, 1.807) is 18.2 Å². The average Bonchev–Trinajstić information content (AvgIpc) is 2.79. The molecule has 0 aliphatic rings. The predicted octanol–water partition coefficient (Wildman–Crippen LogP) is 4.03. The molecule has 30 heavy (non-hydrogen) atoms. The first-order chi connectivity index (χ1) is 14.6. The van der Waals surface area contributed by atoms with Crippen LogP contribution in [0.1, 0.15) is 12.5 Å². The van der Waals surface area contributed by atoms with Crippen molar-refractivity contribution in [2.75, 3.05) is 0 Å². The molecule has 0 saturated heterocycles. The zero-order valence-electron chi connectivity index (χ0n) is 17.1. The Labute approximate surface area is 178 Å². The average molecular weight is 392 g/mol. The summed E-state index contributed by atoms with van der Waals surface area (Å²) < 4.78 is 0. The maximum atomic E-state index is 10.1. The number of rotatable bonds is 6. The first-order valence-electron chi connectivity index (χ1n) is 9.84. The molecule has 0 fully saturated rings. The van der Waals surface area contributed by atoms with E-state index >= 15 is 0 Å². The molecule has 0 aliphatic carbocycles. The van der Waals surface area contributed by atoms with E-state index in [0.717, 1.165) is 27.1 Å². The summed E-state index contributed by atoms with van der Waals surface area (Å²) in [5, 5.41) is 21.9. The third-order valence-electron chi connectivity index (χ3n) is 5.13. The van der Waals surface area contributed by atoms with Crippen LogP contribution in [0.4, 0.5) is 0 Å². The molecule has 0 amide bonds. The van der Waals surface area contributed by atoms with Gasteiger partial charge in [0.2, 0.25) is 0 Å². The largest absolute Gasteiger partial charge is 0.489 e. The first-order valence-corrected chi connectivity index (χ1v) is 9.84. The second-order valence-corrected chi connectivity index (χ2v) is 6.96. The van der Waals surface area contributed by atoms with Gasteiger partial charge in [-0.1, -0.05) is 110 Å². The van der Waals surface area contributed by atoms with Crippen LogP contribution in [-0.2, 0) is 0 Å². The topological polar surface area (TPSA) is 40.5 Å². The maximum Gasteiger partial charge on any atom is 0.489 e. The van der Waals surface area contributed by atoms with Crippen molar-refractivity contribution < 1.29 is 10.0 Å². The monoisotopic (exact) mass is 392 g/mol. The number of benzene rings is 3. The Morgan fingerprint density at radius 1 is 0.767 bits per heavy atom. The molecule has 0 heterocycles. The lowest BCUT2D eigenvalue weighted by Gasteiger charge is -2.10. The van der Waals surface area contributed by atoms with E-state index in [1.807, 2.05) is 49.4 Å². The molecule has 0 bridgehead atoms. The van der Waals surface area contributed by atoms with E-state index in [1.165, 1.54) is 5.56 Å². The summed E-state index contributed by atoms with van der Waals surface area (Å²) >= 11 is 0. The molecule has 3 rings (SSSR count). The van der Waals surface area contributed by atoms with Crippen LogP contribution in [0.2, 0.25) is 0 Å². The van der Waals surface area contributed by atoms with Crippen LogP contribution < -0.4 is 10.4 Å². The van der Waals surface area contributed by atoms with Crippen molar-refractivity contribution in [3.8, 4) is 11.1 Å². The minimum atomic E-state index is -1.64. The van der Waals surface area contributed by atoms with E-state index in [4.69, 9.17) is 0 Å². The van der Waals surface area contributed by atoms with E-state index in [2.05, 4.69) is 49.6 Å². The van der Waals surface area contributed by atoms with Gasteiger partial charge in [0.1, 0.15) is 0 Å². The van der Waals surface area contributed by atoms with E-state index in [-0.39, 0.29) is 0 Å². The molecule has 0 spiro atoms. The number of hydrogen-bond acceptors (Lipinski definition) is 2. The zero-order valence-corrected chi connectivity index (χ0v) is 17.1. The van der Waals surface area contributed by atoms with Crippen molar-refractivity contribution in [1.82, 2.24) is 0 Å². The van der Waals surface area contributed by atoms with Crippen LogP contribution in [0.3, 0.4) is 0 Å². The van der Waals surface area contributed by atoms with Gasteiger partial charge in [-0.15, -0.1) is 0 Å². The fraction of sp³-hybridized carbons (Fsp3) is 0.0370. The van der Waals surface area contributed by atoms with E-state index in [9.17, 15) is 10.0 Å².